The standard InChI is InChI=1S/C15H16N2O2/c1-9-4-11(9)7-17-15-12-6-14-13(18-8-19-14)5-10(12)2-3-16-15/h2-3,5-6,9,11H,4,7-8H2,1H3,(H,16,17). The van der Waals surface area contributed by atoms with Crippen molar-refractivity contribution < 1.29 is 9.47 Å². The first-order valence-corrected chi connectivity index (χ1v) is 6.73. The van der Waals surface area contributed by atoms with Crippen LogP contribution in [0.4, 0.5) is 5.82 Å². The van der Waals surface area contributed by atoms with E-state index in [0.29, 0.717) is 6.79 Å². The van der Waals surface area contributed by atoms with Gasteiger partial charge in [0.05, 0.1) is 0 Å². The summed E-state index contributed by atoms with van der Waals surface area (Å²) in [6.07, 6.45) is 3.16. The molecule has 2 aromatic rings. The molecule has 4 nitrogen and oxygen atoms in total. The van der Waals surface area contributed by atoms with Gasteiger partial charge in [0.15, 0.2) is 11.5 Å². The van der Waals surface area contributed by atoms with Gasteiger partial charge in [0.1, 0.15) is 5.82 Å². The number of aromatic nitrogens is 1. The Bertz CT molecular complexity index is 641. The van der Waals surface area contributed by atoms with E-state index in [-0.39, 0.29) is 0 Å². The molecule has 1 fully saturated rings. The summed E-state index contributed by atoms with van der Waals surface area (Å²) in [5, 5.41) is 5.69. The Hall–Kier alpha value is -1.97. The average molecular weight is 256 g/mol. The van der Waals surface area contributed by atoms with Crippen LogP contribution in [0.5, 0.6) is 11.5 Å². The van der Waals surface area contributed by atoms with Crippen molar-refractivity contribution in [2.24, 2.45) is 11.8 Å². The van der Waals surface area contributed by atoms with Crippen molar-refractivity contribution in [3.8, 4) is 11.5 Å². The molecular formula is C15H16N2O2. The van der Waals surface area contributed by atoms with E-state index >= 15 is 0 Å². The number of fused-ring (bicyclic) bond motifs is 2. The maximum Gasteiger partial charge on any atom is 0.231 e. The van der Waals surface area contributed by atoms with Crippen LogP contribution < -0.4 is 14.8 Å². The van der Waals surface area contributed by atoms with Gasteiger partial charge in [-0.15, -0.1) is 0 Å². The number of nitrogens with one attached hydrogen (secondary N) is 1. The minimum Gasteiger partial charge on any atom is -0.454 e. The Kier molecular flexibility index (Phi) is 2.31. The van der Waals surface area contributed by atoms with Gasteiger partial charge in [0, 0.05) is 18.1 Å². The van der Waals surface area contributed by atoms with Gasteiger partial charge >= 0.3 is 0 Å². The summed E-state index contributed by atoms with van der Waals surface area (Å²) in [5.41, 5.74) is 0. The Morgan fingerprint density at radius 2 is 2.11 bits per heavy atom. The van der Waals surface area contributed by atoms with E-state index in [1.165, 1.54) is 6.42 Å². The molecule has 0 spiro atoms. The zero-order chi connectivity index (χ0) is 12.8. The molecule has 1 aromatic heterocycles. The first-order valence-electron chi connectivity index (χ1n) is 6.73. The maximum absolute atomic E-state index is 5.44. The maximum atomic E-state index is 5.44. The van der Waals surface area contributed by atoms with Crippen molar-refractivity contribution in [1.82, 2.24) is 4.98 Å². The van der Waals surface area contributed by atoms with E-state index in [0.717, 1.165) is 46.5 Å². The third kappa shape index (κ3) is 1.87. The molecule has 0 saturated heterocycles. The van der Waals surface area contributed by atoms with E-state index in [1.807, 2.05) is 24.4 Å². The van der Waals surface area contributed by atoms with Crippen LogP contribution >= 0.6 is 0 Å². The Morgan fingerprint density at radius 1 is 1.32 bits per heavy atom. The van der Waals surface area contributed by atoms with Gasteiger partial charge < -0.3 is 14.8 Å². The molecule has 1 aliphatic carbocycles. The van der Waals surface area contributed by atoms with Crippen molar-refractivity contribution >= 4 is 16.6 Å². The molecule has 0 amide bonds. The molecule has 2 unspecified atom stereocenters. The highest BCUT2D eigenvalue weighted by Crippen LogP contribution is 2.39. The second kappa shape index (κ2) is 4.02. The number of hydrogen-bond donors (Lipinski definition) is 1. The lowest BCUT2D eigenvalue weighted by atomic mass is 10.1. The number of benzene rings is 1. The number of pyridine rings is 1. The zero-order valence-corrected chi connectivity index (χ0v) is 10.8. The van der Waals surface area contributed by atoms with E-state index in [9.17, 15) is 0 Å². The second-order valence-corrected chi connectivity index (χ2v) is 5.44. The van der Waals surface area contributed by atoms with Crippen LogP contribution in [0.3, 0.4) is 0 Å². The average Bonchev–Trinajstić information content (AvgIpc) is 2.94. The SMILES string of the molecule is CC1CC1CNc1nccc2cc3c(cc12)OCO3. The lowest BCUT2D eigenvalue weighted by molar-refractivity contribution is 0.174. The molecule has 4 rings (SSSR count). The van der Waals surface area contributed by atoms with E-state index in [2.05, 4.69) is 17.2 Å². The first kappa shape index (κ1) is 10.9. The summed E-state index contributed by atoms with van der Waals surface area (Å²) in [5.74, 6) is 4.22. The third-order valence-corrected chi connectivity index (χ3v) is 4.07. The molecule has 4 heteroatoms. The highest BCUT2D eigenvalue weighted by Gasteiger charge is 2.32. The van der Waals surface area contributed by atoms with Crippen LogP contribution in [0.25, 0.3) is 10.8 Å². The van der Waals surface area contributed by atoms with Gasteiger partial charge in [-0.3, -0.25) is 0 Å². The lowest BCUT2D eigenvalue weighted by Crippen LogP contribution is -2.06. The number of nitrogens with zero attached hydrogens (tertiary/aromatic N) is 1. The number of ether oxygens (including phenoxy) is 2. The van der Waals surface area contributed by atoms with Crippen LogP contribution in [0.2, 0.25) is 0 Å². The minimum absolute atomic E-state index is 0.307. The van der Waals surface area contributed by atoms with Gasteiger partial charge in [-0.05, 0) is 41.8 Å². The molecule has 98 valence electrons. The molecule has 1 aromatic carbocycles. The number of anilines is 1. The zero-order valence-electron chi connectivity index (χ0n) is 10.8. The van der Waals surface area contributed by atoms with Crippen LogP contribution in [-0.2, 0) is 0 Å². The summed E-state index contributed by atoms with van der Waals surface area (Å²) < 4.78 is 10.8. The third-order valence-electron chi connectivity index (χ3n) is 4.07. The van der Waals surface area contributed by atoms with Crippen LogP contribution in [0.1, 0.15) is 13.3 Å². The molecule has 1 saturated carbocycles. The number of rotatable bonds is 3. The molecule has 0 bridgehead atoms. The largest absolute Gasteiger partial charge is 0.454 e. The fraction of sp³-hybridized carbons (Fsp3) is 0.400. The Morgan fingerprint density at radius 3 is 2.89 bits per heavy atom. The van der Waals surface area contributed by atoms with E-state index < -0.39 is 0 Å². The van der Waals surface area contributed by atoms with Gasteiger partial charge in [-0.1, -0.05) is 6.92 Å². The van der Waals surface area contributed by atoms with Crippen LogP contribution in [-0.4, -0.2) is 18.3 Å². The highest BCUT2D eigenvalue weighted by atomic mass is 16.7. The Labute approximate surface area is 111 Å². The summed E-state index contributed by atoms with van der Waals surface area (Å²) in [6.45, 7) is 3.60. The van der Waals surface area contributed by atoms with Crippen molar-refractivity contribution in [3.05, 3.63) is 24.4 Å². The molecule has 2 heterocycles. The topological polar surface area (TPSA) is 43.4 Å². The molecule has 2 aliphatic rings. The van der Waals surface area contributed by atoms with E-state index in [1.54, 1.807) is 0 Å². The van der Waals surface area contributed by atoms with Gasteiger partial charge in [0.25, 0.3) is 0 Å². The smallest absolute Gasteiger partial charge is 0.231 e. The Balaban J connectivity index is 1.69. The fourth-order valence-electron chi connectivity index (χ4n) is 2.61. The van der Waals surface area contributed by atoms with Crippen molar-refractivity contribution in [3.63, 3.8) is 0 Å². The van der Waals surface area contributed by atoms with Gasteiger partial charge in [-0.25, -0.2) is 4.98 Å². The molecule has 2 atom stereocenters. The molecule has 1 aliphatic heterocycles. The monoisotopic (exact) mass is 256 g/mol. The first-order chi connectivity index (χ1) is 9.31. The molecule has 1 N–H and O–H groups in total. The van der Waals surface area contributed by atoms with Crippen molar-refractivity contribution in [2.75, 3.05) is 18.7 Å². The van der Waals surface area contributed by atoms with Crippen molar-refractivity contribution in [1.29, 1.82) is 0 Å². The normalized spacial score (nSPS) is 23.6. The minimum atomic E-state index is 0.307. The second-order valence-electron chi connectivity index (χ2n) is 5.44. The molecule has 0 radical (unpaired) electrons. The van der Waals surface area contributed by atoms with Crippen LogP contribution in [0, 0.1) is 11.8 Å². The highest BCUT2D eigenvalue weighted by molar-refractivity contribution is 5.94. The van der Waals surface area contributed by atoms with Gasteiger partial charge in [-0.2, -0.15) is 0 Å². The predicted octanol–water partition coefficient (Wildman–Crippen LogP) is 3.03. The van der Waals surface area contributed by atoms with E-state index in [4.69, 9.17) is 9.47 Å². The summed E-state index contributed by atoms with van der Waals surface area (Å²) in [7, 11) is 0. The van der Waals surface area contributed by atoms with Crippen molar-refractivity contribution in [2.45, 2.75) is 13.3 Å². The predicted molar refractivity (Wildman–Crippen MR) is 73.6 cm³/mol. The van der Waals surface area contributed by atoms with Crippen LogP contribution in [0.15, 0.2) is 24.4 Å². The number of hydrogen-bond acceptors (Lipinski definition) is 4. The molecular weight excluding hydrogens is 240 g/mol. The lowest BCUT2D eigenvalue weighted by Gasteiger charge is -2.09. The summed E-state index contributed by atoms with van der Waals surface area (Å²) in [4.78, 5) is 4.45. The summed E-state index contributed by atoms with van der Waals surface area (Å²) >= 11 is 0. The van der Waals surface area contributed by atoms with Gasteiger partial charge in [0.2, 0.25) is 6.79 Å². The quantitative estimate of drug-likeness (QED) is 0.916. The fourth-order valence-corrected chi connectivity index (χ4v) is 2.61. The summed E-state index contributed by atoms with van der Waals surface area (Å²) in [6, 6.07) is 6.04. The molecule has 19 heavy (non-hydrogen) atoms.